The number of nitrogens with one attached hydrogen (secondary N) is 1. The van der Waals surface area contributed by atoms with Crippen molar-refractivity contribution in [3.63, 3.8) is 0 Å². The summed E-state index contributed by atoms with van der Waals surface area (Å²) in [5, 5.41) is 20.4. The van der Waals surface area contributed by atoms with Crippen LogP contribution in [0.25, 0.3) is 32.9 Å². The van der Waals surface area contributed by atoms with Crippen LogP contribution < -0.4 is 9.64 Å². The predicted molar refractivity (Wildman–Crippen MR) is 195 cm³/mol. The second kappa shape index (κ2) is 14.5. The van der Waals surface area contributed by atoms with Gasteiger partial charge in [-0.1, -0.05) is 26.0 Å². The molecule has 0 bridgehead atoms. The molecule has 2 aromatic carbocycles. The van der Waals surface area contributed by atoms with Gasteiger partial charge in [0.2, 0.25) is 0 Å². The third-order valence-electron chi connectivity index (χ3n) is 10.7. The highest BCUT2D eigenvalue weighted by Gasteiger charge is 2.45. The number of carbonyl (C=O) groups excluding carboxylic acids is 1. The van der Waals surface area contributed by atoms with E-state index in [4.69, 9.17) is 15.1 Å². The Labute approximate surface area is 296 Å². The lowest BCUT2D eigenvalue weighted by Gasteiger charge is -2.31. The molecule has 12 heteroatoms. The first-order valence-electron chi connectivity index (χ1n) is 18.2. The van der Waals surface area contributed by atoms with Crippen LogP contribution in [-0.2, 0) is 11.2 Å². The van der Waals surface area contributed by atoms with Gasteiger partial charge in [-0.2, -0.15) is 9.97 Å². The van der Waals surface area contributed by atoms with E-state index in [1.165, 1.54) is 30.5 Å². The maximum absolute atomic E-state index is 17.0. The molecule has 0 atom stereocenters. The van der Waals surface area contributed by atoms with E-state index in [1.807, 2.05) is 18.7 Å². The largest absolute Gasteiger partial charge is 0.508 e. The Bertz CT molecular complexity index is 2000. The Kier molecular flexibility index (Phi) is 9.87. The average molecular weight is 698 g/mol. The van der Waals surface area contributed by atoms with Crippen LogP contribution in [-0.4, -0.2) is 92.9 Å². The van der Waals surface area contributed by atoms with Crippen LogP contribution in [0.15, 0.2) is 42.6 Å². The summed E-state index contributed by atoms with van der Waals surface area (Å²) in [5.74, 6) is -1.10. The van der Waals surface area contributed by atoms with Crippen molar-refractivity contribution in [3.8, 4) is 23.0 Å². The van der Waals surface area contributed by atoms with Gasteiger partial charge in [-0.3, -0.25) is 20.1 Å². The lowest BCUT2D eigenvalue weighted by molar-refractivity contribution is -0.123. The Morgan fingerprint density at radius 3 is 2.57 bits per heavy atom. The number of halogens is 2. The number of pyridine rings is 1. The summed E-state index contributed by atoms with van der Waals surface area (Å²) >= 11 is 0. The molecule has 4 aromatic rings. The summed E-state index contributed by atoms with van der Waals surface area (Å²) in [4.78, 5) is 32.9. The maximum atomic E-state index is 17.0. The van der Waals surface area contributed by atoms with Gasteiger partial charge in [-0.05, 0) is 105 Å². The number of ether oxygens (including phenoxy) is 1. The van der Waals surface area contributed by atoms with E-state index >= 15 is 8.78 Å². The fraction of sp³-hybridized carbons (Fsp3) is 0.462. The van der Waals surface area contributed by atoms with Crippen molar-refractivity contribution in [2.75, 3.05) is 50.8 Å². The molecule has 3 aliphatic rings. The number of phenols is 1. The van der Waals surface area contributed by atoms with E-state index in [0.717, 1.165) is 58.0 Å². The number of aromatic hydroxyl groups is 1. The highest BCUT2D eigenvalue weighted by Crippen LogP contribution is 2.41. The van der Waals surface area contributed by atoms with Gasteiger partial charge in [0.15, 0.2) is 5.82 Å². The Morgan fingerprint density at radius 1 is 1.08 bits per heavy atom. The fourth-order valence-corrected chi connectivity index (χ4v) is 8.22. The van der Waals surface area contributed by atoms with Gasteiger partial charge in [0, 0.05) is 37.9 Å². The molecule has 3 aliphatic heterocycles. The number of carbonyl (C=O) groups is 1. The first-order valence-corrected chi connectivity index (χ1v) is 18.2. The number of aryl methyl sites for hydroxylation is 1. The lowest BCUT2D eigenvalue weighted by Crippen LogP contribution is -2.43. The first-order chi connectivity index (χ1) is 24.7. The molecule has 10 nitrogen and oxygen atoms in total. The first kappa shape index (κ1) is 34.7. The molecule has 0 radical (unpaired) electrons. The van der Waals surface area contributed by atoms with Gasteiger partial charge >= 0.3 is 6.01 Å². The number of nitrogens with zero attached hydrogens (tertiary/aromatic N) is 6. The monoisotopic (exact) mass is 697 g/mol. The third kappa shape index (κ3) is 6.61. The summed E-state index contributed by atoms with van der Waals surface area (Å²) in [6, 6.07) is 5.92. The maximum Gasteiger partial charge on any atom is 0.319 e. The second-order valence-corrected chi connectivity index (χ2v) is 14.0. The Morgan fingerprint density at radius 2 is 1.84 bits per heavy atom. The molecule has 7 rings (SSSR count). The van der Waals surface area contributed by atoms with Crippen molar-refractivity contribution >= 4 is 39.1 Å². The van der Waals surface area contributed by atoms with Gasteiger partial charge in [0.1, 0.15) is 40.9 Å². The van der Waals surface area contributed by atoms with Crippen LogP contribution in [0.5, 0.6) is 11.8 Å². The minimum Gasteiger partial charge on any atom is -0.508 e. The highest BCUT2D eigenvalue weighted by molar-refractivity contribution is 6.42. The molecule has 0 spiro atoms. The molecule has 2 aromatic heterocycles. The number of amides is 1. The number of anilines is 1. The summed E-state index contributed by atoms with van der Waals surface area (Å²) in [6.07, 6.45) is 12.0. The summed E-state index contributed by atoms with van der Waals surface area (Å²) in [7, 11) is 0. The summed E-state index contributed by atoms with van der Waals surface area (Å²) in [6.45, 7) is 8.47. The van der Waals surface area contributed by atoms with Crippen LogP contribution >= 0.6 is 0 Å². The summed E-state index contributed by atoms with van der Waals surface area (Å²) in [5.41, 5.74) is 0.439. The number of fused-ring (bicyclic) bond motifs is 3. The number of hydrogen-bond acceptors (Lipinski definition) is 9. The smallest absolute Gasteiger partial charge is 0.319 e. The Hall–Kier alpha value is -4.71. The van der Waals surface area contributed by atoms with Crippen LogP contribution in [0.2, 0.25) is 0 Å². The highest BCUT2D eigenvalue weighted by atomic mass is 19.1. The van der Waals surface area contributed by atoms with Crippen LogP contribution in [0, 0.1) is 17.0 Å². The van der Waals surface area contributed by atoms with E-state index in [0.29, 0.717) is 66.7 Å². The van der Waals surface area contributed by atoms with Gasteiger partial charge in [0.05, 0.1) is 10.9 Å². The molecule has 0 saturated carbocycles. The lowest BCUT2D eigenvalue weighted by atomic mass is 9.94. The molecule has 5 heterocycles. The van der Waals surface area contributed by atoms with E-state index in [2.05, 4.69) is 14.9 Å². The van der Waals surface area contributed by atoms with Crippen molar-refractivity contribution in [2.24, 2.45) is 0 Å². The standard InChI is InChI=1S/C39H45F2N7O3/c1-3-15-46(18-7-10-31(42)37(50)47-16-5-6-17-47)36-29-23-43-34(28-22-26(49)21-25-11-12-30(40)27(4-2)32(25)28)33(41)35(29)44-38(45-36)51-24-39-13-8-19-48(39)20-9-14-39/h7,10-12,21-23,42,49H,3-6,8-9,13-20,24H2,1-2H3. The van der Waals surface area contributed by atoms with Crippen molar-refractivity contribution in [3.05, 3.63) is 59.8 Å². The number of phenolic OH excluding ortho intramolecular Hbond substituents is 1. The average Bonchev–Trinajstić information content (AvgIpc) is 3.89. The zero-order valence-electron chi connectivity index (χ0n) is 29.4. The molecule has 1 amide bonds. The minimum atomic E-state index is -0.731. The molecule has 3 saturated heterocycles. The zero-order valence-corrected chi connectivity index (χ0v) is 29.4. The third-order valence-corrected chi connectivity index (χ3v) is 10.7. The quantitative estimate of drug-likeness (QED) is 0.155. The molecule has 3 fully saturated rings. The van der Waals surface area contributed by atoms with E-state index in [-0.39, 0.29) is 45.7 Å². The van der Waals surface area contributed by atoms with Gasteiger partial charge < -0.3 is 19.6 Å². The Balaban J connectivity index is 1.31. The molecule has 0 unspecified atom stereocenters. The molecular weight excluding hydrogens is 652 g/mol. The second-order valence-electron chi connectivity index (χ2n) is 14.0. The van der Waals surface area contributed by atoms with Crippen molar-refractivity contribution in [2.45, 2.75) is 70.8 Å². The van der Waals surface area contributed by atoms with E-state index in [9.17, 15) is 9.90 Å². The molecule has 0 aliphatic carbocycles. The number of likely N-dealkylation sites (tertiary alicyclic amines) is 1. The van der Waals surface area contributed by atoms with Crippen LogP contribution in [0.4, 0.5) is 14.6 Å². The summed E-state index contributed by atoms with van der Waals surface area (Å²) < 4.78 is 38.4. The molecule has 268 valence electrons. The van der Waals surface area contributed by atoms with E-state index < -0.39 is 11.6 Å². The van der Waals surface area contributed by atoms with E-state index in [1.54, 1.807) is 17.0 Å². The van der Waals surface area contributed by atoms with Gasteiger partial charge in [-0.15, -0.1) is 0 Å². The molecule has 2 N–H and O–H groups in total. The van der Waals surface area contributed by atoms with Crippen molar-refractivity contribution in [1.82, 2.24) is 24.8 Å². The van der Waals surface area contributed by atoms with Gasteiger partial charge in [0.25, 0.3) is 5.91 Å². The van der Waals surface area contributed by atoms with Crippen LogP contribution in [0.3, 0.4) is 0 Å². The van der Waals surface area contributed by atoms with Gasteiger partial charge in [-0.25, -0.2) is 8.78 Å². The number of rotatable bonds is 12. The predicted octanol–water partition coefficient (Wildman–Crippen LogP) is 6.81. The normalized spacial score (nSPS) is 17.2. The van der Waals surface area contributed by atoms with Crippen LogP contribution in [0.1, 0.15) is 64.4 Å². The van der Waals surface area contributed by atoms with Crippen molar-refractivity contribution in [1.29, 1.82) is 5.41 Å². The van der Waals surface area contributed by atoms with Crippen molar-refractivity contribution < 1.29 is 23.4 Å². The minimum absolute atomic E-state index is 0.000168. The fourth-order valence-electron chi connectivity index (χ4n) is 8.22. The number of aromatic nitrogens is 3. The SMILES string of the molecule is CCCN(CC=CC(=N)C(=O)N1CCCC1)c1nc(OCC23CCCN2CCC3)nc2c(F)c(-c3cc(O)cc4ccc(F)c(CC)c34)ncc12. The molecule has 51 heavy (non-hydrogen) atoms. The number of benzene rings is 2. The molecular formula is C39H45F2N7O3. The number of hydrogen-bond donors (Lipinski definition) is 2. The zero-order chi connectivity index (χ0) is 35.7. The topological polar surface area (TPSA) is 119 Å².